The van der Waals surface area contributed by atoms with Crippen LogP contribution in [0.25, 0.3) is 10.4 Å². The highest BCUT2D eigenvalue weighted by molar-refractivity contribution is 7.17. The Balaban J connectivity index is 2.46. The van der Waals surface area contributed by atoms with Crippen LogP contribution in [0.3, 0.4) is 0 Å². The maximum Gasteiger partial charge on any atom is 0.345 e. The molecule has 0 unspecified atom stereocenters. The van der Waals surface area contributed by atoms with Gasteiger partial charge in [-0.3, -0.25) is 0 Å². The number of halogens is 2. The molecule has 2 rings (SSSR count). The average molecular weight is 273 g/mol. The molecule has 0 saturated heterocycles. The van der Waals surface area contributed by atoms with E-state index >= 15 is 0 Å². The normalized spacial score (nSPS) is 10.4. The summed E-state index contributed by atoms with van der Waals surface area (Å²) in [6.07, 6.45) is 0. The molecule has 0 radical (unpaired) electrons. The fraction of sp³-hybridized carbons (Fsp3) is 0. The van der Waals surface area contributed by atoms with E-state index in [1.807, 2.05) is 0 Å². The second-order valence-corrected chi connectivity index (χ2v) is 5.02. The summed E-state index contributed by atoms with van der Waals surface area (Å²) >= 11 is 13.0. The molecule has 2 nitrogen and oxygen atoms in total. The molecular formula is C11H6Cl2O2S. The van der Waals surface area contributed by atoms with Gasteiger partial charge in [0, 0.05) is 15.5 Å². The highest BCUT2D eigenvalue weighted by Gasteiger charge is 2.10. The minimum absolute atomic E-state index is 0.293. The van der Waals surface area contributed by atoms with Gasteiger partial charge in [0.1, 0.15) is 4.88 Å². The fourth-order valence-electron chi connectivity index (χ4n) is 1.29. The number of carboxylic acid groups (broad SMARTS) is 1. The van der Waals surface area contributed by atoms with Crippen molar-refractivity contribution < 1.29 is 9.90 Å². The predicted molar refractivity (Wildman–Crippen MR) is 66.7 cm³/mol. The van der Waals surface area contributed by atoms with Crippen LogP contribution in [-0.4, -0.2) is 11.1 Å². The summed E-state index contributed by atoms with van der Waals surface area (Å²) in [4.78, 5) is 11.9. The third-order valence-corrected chi connectivity index (χ3v) is 3.67. The summed E-state index contributed by atoms with van der Waals surface area (Å²) in [6, 6.07) is 8.44. The average Bonchev–Trinajstić information content (AvgIpc) is 2.66. The van der Waals surface area contributed by atoms with Crippen LogP contribution in [0.1, 0.15) is 9.67 Å². The predicted octanol–water partition coefficient (Wildman–Crippen LogP) is 4.42. The Kier molecular flexibility index (Phi) is 3.19. The van der Waals surface area contributed by atoms with Crippen molar-refractivity contribution in [3.63, 3.8) is 0 Å². The van der Waals surface area contributed by atoms with Crippen LogP contribution in [0, 0.1) is 0 Å². The second-order valence-electron chi connectivity index (χ2n) is 3.09. The molecule has 0 aliphatic carbocycles. The van der Waals surface area contributed by atoms with Crippen molar-refractivity contribution in [3.8, 4) is 10.4 Å². The molecule has 5 heteroatoms. The number of benzene rings is 1. The molecule has 0 spiro atoms. The minimum Gasteiger partial charge on any atom is -0.477 e. The Labute approximate surface area is 106 Å². The molecule has 1 aromatic heterocycles. The van der Waals surface area contributed by atoms with E-state index in [2.05, 4.69) is 0 Å². The summed E-state index contributed by atoms with van der Waals surface area (Å²) in [5.41, 5.74) is 0.795. The van der Waals surface area contributed by atoms with Crippen molar-refractivity contribution in [1.29, 1.82) is 0 Å². The van der Waals surface area contributed by atoms with Gasteiger partial charge in [-0.05, 0) is 24.3 Å². The molecule has 16 heavy (non-hydrogen) atoms. The molecule has 0 atom stereocenters. The Morgan fingerprint density at radius 2 is 1.94 bits per heavy atom. The van der Waals surface area contributed by atoms with Gasteiger partial charge < -0.3 is 5.11 Å². The molecule has 0 amide bonds. The molecule has 2 aromatic rings. The molecular weight excluding hydrogens is 267 g/mol. The van der Waals surface area contributed by atoms with Gasteiger partial charge in [0.15, 0.2) is 0 Å². The molecule has 0 aliphatic rings. The monoisotopic (exact) mass is 272 g/mol. The van der Waals surface area contributed by atoms with Crippen molar-refractivity contribution >= 4 is 40.5 Å². The lowest BCUT2D eigenvalue weighted by Crippen LogP contribution is -1.89. The molecule has 0 aliphatic heterocycles. The topological polar surface area (TPSA) is 37.3 Å². The van der Waals surface area contributed by atoms with Crippen LogP contribution >= 0.6 is 34.5 Å². The maximum atomic E-state index is 10.7. The zero-order chi connectivity index (χ0) is 11.7. The summed E-state index contributed by atoms with van der Waals surface area (Å²) in [6.45, 7) is 0. The summed E-state index contributed by atoms with van der Waals surface area (Å²) in [7, 11) is 0. The van der Waals surface area contributed by atoms with Crippen LogP contribution in [-0.2, 0) is 0 Å². The van der Waals surface area contributed by atoms with E-state index in [4.69, 9.17) is 28.3 Å². The number of hydrogen-bond acceptors (Lipinski definition) is 2. The summed E-state index contributed by atoms with van der Waals surface area (Å²) in [5, 5.41) is 9.89. The van der Waals surface area contributed by atoms with Crippen LogP contribution < -0.4 is 0 Å². The number of hydrogen-bond donors (Lipinski definition) is 1. The van der Waals surface area contributed by atoms with E-state index in [1.165, 1.54) is 11.3 Å². The van der Waals surface area contributed by atoms with Crippen molar-refractivity contribution in [2.24, 2.45) is 0 Å². The van der Waals surface area contributed by atoms with E-state index in [1.54, 1.807) is 30.3 Å². The summed E-state index contributed by atoms with van der Waals surface area (Å²) < 4.78 is 0. The van der Waals surface area contributed by atoms with E-state index in [9.17, 15) is 4.79 Å². The van der Waals surface area contributed by atoms with Crippen molar-refractivity contribution in [2.45, 2.75) is 0 Å². The van der Waals surface area contributed by atoms with Crippen LogP contribution in [0.5, 0.6) is 0 Å². The standard InChI is InChI=1S/C11H6Cl2O2S/c12-6-1-2-7(8(13)5-6)9-3-4-10(16-9)11(14)15/h1-5H,(H,14,15). The van der Waals surface area contributed by atoms with Gasteiger partial charge >= 0.3 is 5.97 Å². The highest BCUT2D eigenvalue weighted by atomic mass is 35.5. The Bertz CT molecular complexity index is 549. The van der Waals surface area contributed by atoms with Gasteiger partial charge in [-0.1, -0.05) is 29.3 Å². The smallest absolute Gasteiger partial charge is 0.345 e. The molecule has 1 N–H and O–H groups in total. The number of rotatable bonds is 2. The first-order valence-electron chi connectivity index (χ1n) is 4.36. The Hall–Kier alpha value is -1.03. The largest absolute Gasteiger partial charge is 0.477 e. The van der Waals surface area contributed by atoms with Crippen LogP contribution in [0.2, 0.25) is 10.0 Å². The lowest BCUT2D eigenvalue weighted by molar-refractivity contribution is 0.0702. The first-order valence-corrected chi connectivity index (χ1v) is 5.94. The molecule has 0 saturated carbocycles. The van der Waals surface area contributed by atoms with Gasteiger partial charge in [-0.2, -0.15) is 0 Å². The van der Waals surface area contributed by atoms with Crippen LogP contribution in [0.15, 0.2) is 30.3 Å². The number of thiophene rings is 1. The molecule has 82 valence electrons. The highest BCUT2D eigenvalue weighted by Crippen LogP contribution is 2.34. The second kappa shape index (κ2) is 4.45. The maximum absolute atomic E-state index is 10.7. The Morgan fingerprint density at radius 1 is 1.19 bits per heavy atom. The van der Waals surface area contributed by atoms with Gasteiger partial charge in [0.25, 0.3) is 0 Å². The van der Waals surface area contributed by atoms with E-state index in [-0.39, 0.29) is 0 Å². The molecule has 0 fully saturated rings. The van der Waals surface area contributed by atoms with Gasteiger partial charge in [0.05, 0.1) is 5.02 Å². The SMILES string of the molecule is O=C(O)c1ccc(-c2ccc(Cl)cc2Cl)s1. The first kappa shape index (κ1) is 11.5. The fourth-order valence-corrected chi connectivity index (χ4v) is 2.74. The van der Waals surface area contributed by atoms with Gasteiger partial charge in [-0.25, -0.2) is 4.79 Å². The van der Waals surface area contributed by atoms with E-state index < -0.39 is 5.97 Å². The van der Waals surface area contributed by atoms with Gasteiger partial charge in [-0.15, -0.1) is 11.3 Å². The first-order chi connectivity index (χ1) is 7.58. The van der Waals surface area contributed by atoms with Gasteiger partial charge in [0.2, 0.25) is 0 Å². The third kappa shape index (κ3) is 2.21. The Morgan fingerprint density at radius 3 is 2.50 bits per heavy atom. The summed E-state index contributed by atoms with van der Waals surface area (Å²) in [5.74, 6) is -0.929. The van der Waals surface area contributed by atoms with Crippen molar-refractivity contribution in [3.05, 3.63) is 45.3 Å². The van der Waals surface area contributed by atoms with E-state index in [0.717, 1.165) is 10.4 Å². The van der Waals surface area contributed by atoms with Crippen LogP contribution in [0.4, 0.5) is 0 Å². The number of carbonyl (C=O) groups is 1. The zero-order valence-electron chi connectivity index (χ0n) is 7.91. The lowest BCUT2D eigenvalue weighted by Gasteiger charge is -2.01. The minimum atomic E-state index is -0.929. The molecule has 1 heterocycles. The van der Waals surface area contributed by atoms with Crippen molar-refractivity contribution in [2.75, 3.05) is 0 Å². The number of carboxylic acids is 1. The molecule has 0 bridgehead atoms. The third-order valence-electron chi connectivity index (χ3n) is 2.01. The van der Waals surface area contributed by atoms with E-state index in [0.29, 0.717) is 14.9 Å². The molecule has 1 aromatic carbocycles. The zero-order valence-corrected chi connectivity index (χ0v) is 10.2. The lowest BCUT2D eigenvalue weighted by atomic mass is 10.2. The number of aromatic carboxylic acids is 1. The quantitative estimate of drug-likeness (QED) is 0.879. The van der Waals surface area contributed by atoms with Crippen molar-refractivity contribution in [1.82, 2.24) is 0 Å².